The van der Waals surface area contributed by atoms with Gasteiger partial charge in [-0.1, -0.05) is 0 Å². The average molecular weight is 267 g/mol. The highest BCUT2D eigenvalue weighted by molar-refractivity contribution is 5.97. The van der Waals surface area contributed by atoms with E-state index in [9.17, 15) is 14.0 Å². The summed E-state index contributed by atoms with van der Waals surface area (Å²) in [5.74, 6) is -2.36. The number of ether oxygens (including phenoxy) is 1. The summed E-state index contributed by atoms with van der Waals surface area (Å²) in [4.78, 5) is 26.3. The van der Waals surface area contributed by atoms with Gasteiger partial charge in [0.2, 0.25) is 0 Å². The fourth-order valence-corrected chi connectivity index (χ4v) is 1.92. The highest BCUT2D eigenvalue weighted by Crippen LogP contribution is 2.22. The predicted molar refractivity (Wildman–Crippen MR) is 64.9 cm³/mol. The van der Waals surface area contributed by atoms with Crippen molar-refractivity contribution in [2.24, 2.45) is 5.73 Å². The molecule has 2 unspecified atom stereocenters. The molecule has 0 spiro atoms. The number of carbonyl (C=O) groups excluding carboxylic acids is 2. The third-order valence-corrected chi connectivity index (χ3v) is 2.90. The Bertz CT molecular complexity index is 521. The van der Waals surface area contributed by atoms with Crippen LogP contribution in [-0.2, 0) is 9.53 Å². The van der Waals surface area contributed by atoms with Crippen molar-refractivity contribution in [3.8, 4) is 0 Å². The number of aromatic nitrogens is 1. The molecule has 1 saturated heterocycles. The van der Waals surface area contributed by atoms with Gasteiger partial charge in [0.1, 0.15) is 6.10 Å². The SMILES string of the molecule is CC1CCC(C(=O)Nc2ccnc(C(N)=O)c2F)O1. The van der Waals surface area contributed by atoms with E-state index in [2.05, 4.69) is 10.3 Å². The van der Waals surface area contributed by atoms with E-state index in [-0.39, 0.29) is 11.8 Å². The third-order valence-electron chi connectivity index (χ3n) is 2.90. The monoisotopic (exact) mass is 267 g/mol. The van der Waals surface area contributed by atoms with E-state index in [0.717, 1.165) is 6.42 Å². The Labute approximate surface area is 109 Å². The molecule has 2 rings (SSSR count). The Morgan fingerprint density at radius 3 is 2.84 bits per heavy atom. The van der Waals surface area contributed by atoms with Gasteiger partial charge in [0, 0.05) is 6.20 Å². The van der Waals surface area contributed by atoms with E-state index in [0.29, 0.717) is 6.42 Å². The second-order valence-electron chi connectivity index (χ2n) is 4.39. The van der Waals surface area contributed by atoms with E-state index >= 15 is 0 Å². The number of nitrogens with two attached hydrogens (primary N) is 1. The number of rotatable bonds is 3. The first kappa shape index (κ1) is 13.4. The van der Waals surface area contributed by atoms with E-state index in [1.807, 2.05) is 6.92 Å². The molecule has 7 heteroatoms. The highest BCUT2D eigenvalue weighted by atomic mass is 19.1. The number of amides is 2. The second-order valence-corrected chi connectivity index (χ2v) is 4.39. The molecule has 1 aromatic rings. The van der Waals surface area contributed by atoms with Crippen molar-refractivity contribution in [2.45, 2.75) is 32.0 Å². The number of carbonyl (C=O) groups is 2. The van der Waals surface area contributed by atoms with Gasteiger partial charge in [-0.2, -0.15) is 0 Å². The second kappa shape index (κ2) is 5.31. The Hall–Kier alpha value is -2.02. The van der Waals surface area contributed by atoms with Crippen LogP contribution in [0.2, 0.25) is 0 Å². The largest absolute Gasteiger partial charge is 0.365 e. The number of nitrogens with zero attached hydrogens (tertiary/aromatic N) is 1. The zero-order valence-corrected chi connectivity index (χ0v) is 10.4. The number of anilines is 1. The van der Waals surface area contributed by atoms with Gasteiger partial charge < -0.3 is 15.8 Å². The first-order chi connectivity index (χ1) is 8.99. The topological polar surface area (TPSA) is 94.3 Å². The highest BCUT2D eigenvalue weighted by Gasteiger charge is 2.29. The lowest BCUT2D eigenvalue weighted by Crippen LogP contribution is -2.28. The summed E-state index contributed by atoms with van der Waals surface area (Å²) < 4.78 is 19.2. The number of hydrogen-bond donors (Lipinski definition) is 2. The Morgan fingerprint density at radius 2 is 2.26 bits per heavy atom. The van der Waals surface area contributed by atoms with E-state index < -0.39 is 29.4 Å². The molecule has 0 aromatic carbocycles. The summed E-state index contributed by atoms with van der Waals surface area (Å²) >= 11 is 0. The molecule has 3 N–H and O–H groups in total. The van der Waals surface area contributed by atoms with Crippen molar-refractivity contribution in [3.63, 3.8) is 0 Å². The molecule has 19 heavy (non-hydrogen) atoms. The number of halogens is 1. The smallest absolute Gasteiger partial charge is 0.270 e. The van der Waals surface area contributed by atoms with Gasteiger partial charge in [0.15, 0.2) is 11.5 Å². The number of pyridine rings is 1. The zero-order valence-electron chi connectivity index (χ0n) is 10.4. The van der Waals surface area contributed by atoms with Crippen LogP contribution >= 0.6 is 0 Å². The quantitative estimate of drug-likeness (QED) is 0.847. The Morgan fingerprint density at radius 1 is 1.53 bits per heavy atom. The fraction of sp³-hybridized carbons (Fsp3) is 0.417. The van der Waals surface area contributed by atoms with Gasteiger partial charge in [-0.25, -0.2) is 9.37 Å². The molecule has 102 valence electrons. The van der Waals surface area contributed by atoms with E-state index in [1.54, 1.807) is 0 Å². The molecular weight excluding hydrogens is 253 g/mol. The zero-order chi connectivity index (χ0) is 14.0. The molecule has 0 radical (unpaired) electrons. The molecule has 1 aliphatic rings. The molecule has 1 fully saturated rings. The predicted octanol–water partition coefficient (Wildman–Crippen LogP) is 0.826. The Kier molecular flexibility index (Phi) is 3.75. The normalized spacial score (nSPS) is 22.2. The number of hydrogen-bond acceptors (Lipinski definition) is 4. The van der Waals surface area contributed by atoms with Crippen LogP contribution in [0.15, 0.2) is 12.3 Å². The van der Waals surface area contributed by atoms with Gasteiger partial charge in [-0.15, -0.1) is 0 Å². The molecule has 2 atom stereocenters. The van der Waals surface area contributed by atoms with Crippen molar-refractivity contribution in [1.29, 1.82) is 0 Å². The maximum absolute atomic E-state index is 13.8. The lowest BCUT2D eigenvalue weighted by molar-refractivity contribution is -0.126. The minimum atomic E-state index is -0.987. The summed E-state index contributed by atoms with van der Waals surface area (Å²) in [7, 11) is 0. The van der Waals surface area contributed by atoms with Crippen LogP contribution in [0.4, 0.5) is 10.1 Å². The fourth-order valence-electron chi connectivity index (χ4n) is 1.92. The average Bonchev–Trinajstić information content (AvgIpc) is 2.78. The maximum Gasteiger partial charge on any atom is 0.270 e. The van der Waals surface area contributed by atoms with Crippen LogP contribution in [0.25, 0.3) is 0 Å². The van der Waals surface area contributed by atoms with E-state index in [1.165, 1.54) is 12.3 Å². The molecule has 0 bridgehead atoms. The van der Waals surface area contributed by atoms with Crippen LogP contribution in [0.3, 0.4) is 0 Å². The van der Waals surface area contributed by atoms with Crippen LogP contribution in [0.5, 0.6) is 0 Å². The molecule has 0 saturated carbocycles. The minimum absolute atomic E-state index is 0.0132. The Balaban J connectivity index is 2.13. The van der Waals surface area contributed by atoms with Crippen molar-refractivity contribution >= 4 is 17.5 Å². The summed E-state index contributed by atoms with van der Waals surface area (Å²) in [6.45, 7) is 1.87. The van der Waals surface area contributed by atoms with Gasteiger partial charge in [0.25, 0.3) is 11.8 Å². The lowest BCUT2D eigenvalue weighted by atomic mass is 10.2. The van der Waals surface area contributed by atoms with Gasteiger partial charge >= 0.3 is 0 Å². The molecule has 0 aliphatic carbocycles. The minimum Gasteiger partial charge on any atom is -0.365 e. The number of nitrogens with one attached hydrogen (secondary N) is 1. The van der Waals surface area contributed by atoms with Crippen molar-refractivity contribution < 1.29 is 18.7 Å². The molecule has 6 nitrogen and oxygen atoms in total. The molecular formula is C12H14FN3O3. The molecule has 1 aromatic heterocycles. The van der Waals surface area contributed by atoms with Gasteiger partial charge in [-0.05, 0) is 25.8 Å². The first-order valence-electron chi connectivity index (χ1n) is 5.89. The molecule has 1 aliphatic heterocycles. The van der Waals surface area contributed by atoms with Crippen molar-refractivity contribution in [3.05, 3.63) is 23.8 Å². The molecule has 2 heterocycles. The summed E-state index contributed by atoms with van der Waals surface area (Å²) in [5.41, 5.74) is 4.35. The lowest BCUT2D eigenvalue weighted by Gasteiger charge is -2.12. The van der Waals surface area contributed by atoms with Crippen molar-refractivity contribution in [1.82, 2.24) is 4.98 Å². The number of primary amides is 1. The van der Waals surface area contributed by atoms with Gasteiger partial charge in [0.05, 0.1) is 11.8 Å². The summed E-state index contributed by atoms with van der Waals surface area (Å²) in [5, 5.41) is 2.38. The maximum atomic E-state index is 13.8. The van der Waals surface area contributed by atoms with Crippen molar-refractivity contribution in [2.75, 3.05) is 5.32 Å². The van der Waals surface area contributed by atoms with Gasteiger partial charge in [-0.3, -0.25) is 9.59 Å². The van der Waals surface area contributed by atoms with E-state index in [4.69, 9.17) is 10.5 Å². The van der Waals surface area contributed by atoms with Crippen LogP contribution < -0.4 is 11.1 Å². The first-order valence-corrected chi connectivity index (χ1v) is 5.89. The summed E-state index contributed by atoms with van der Waals surface area (Å²) in [6.07, 6.45) is 1.99. The van der Waals surface area contributed by atoms with Crippen LogP contribution in [0.1, 0.15) is 30.3 Å². The summed E-state index contributed by atoms with van der Waals surface area (Å²) in [6, 6.07) is 1.26. The third kappa shape index (κ3) is 2.87. The standard InChI is InChI=1S/C12H14FN3O3/c1-6-2-3-8(19-6)12(18)16-7-4-5-15-10(9(7)13)11(14)17/h4-6,8H,2-3H2,1H3,(H2,14,17)(H,15,16,18). The molecule has 2 amide bonds. The van der Waals surface area contributed by atoms with Crippen LogP contribution in [0, 0.1) is 5.82 Å². The van der Waals surface area contributed by atoms with Crippen LogP contribution in [-0.4, -0.2) is 29.0 Å².